The second-order valence-electron chi connectivity index (χ2n) is 3.96. The third kappa shape index (κ3) is 2.91. The number of hydrogen-bond donors (Lipinski definition) is 4. The molecule has 0 radical (unpaired) electrons. The van der Waals surface area contributed by atoms with Crippen molar-refractivity contribution in [2.45, 2.75) is 13.0 Å². The quantitative estimate of drug-likeness (QED) is 0.554. The Hall–Kier alpha value is -2.35. The van der Waals surface area contributed by atoms with Crippen molar-refractivity contribution >= 4 is 23.2 Å². The lowest BCUT2D eigenvalue weighted by atomic mass is 10.3. The van der Waals surface area contributed by atoms with Gasteiger partial charge < -0.3 is 25.9 Å². The van der Waals surface area contributed by atoms with Gasteiger partial charge in [0.1, 0.15) is 11.9 Å². The monoisotopic (exact) mass is 264 g/mol. The van der Waals surface area contributed by atoms with Crippen LogP contribution in [0, 0.1) is 0 Å². The van der Waals surface area contributed by atoms with Crippen LogP contribution in [0.2, 0.25) is 0 Å². The maximum atomic E-state index is 10.8. The van der Waals surface area contributed by atoms with Crippen LogP contribution in [0.3, 0.4) is 0 Å². The minimum absolute atomic E-state index is 0.0135. The molecular weight excluding hydrogens is 248 g/mol. The van der Waals surface area contributed by atoms with Crippen molar-refractivity contribution in [3.63, 3.8) is 0 Å². The molecule has 2 aromatic heterocycles. The number of rotatable bonds is 6. The SMILES string of the molecule is CCNc1cn2ccnc2c(NCC(O)C(N)=O)n1. The average Bonchev–Trinajstić information content (AvgIpc) is 2.84. The zero-order valence-corrected chi connectivity index (χ0v) is 10.5. The van der Waals surface area contributed by atoms with E-state index >= 15 is 0 Å². The third-order valence-corrected chi connectivity index (χ3v) is 2.52. The van der Waals surface area contributed by atoms with Gasteiger partial charge in [-0.1, -0.05) is 0 Å². The van der Waals surface area contributed by atoms with E-state index in [1.54, 1.807) is 16.8 Å². The summed E-state index contributed by atoms with van der Waals surface area (Å²) in [6.07, 6.45) is 3.97. The summed E-state index contributed by atoms with van der Waals surface area (Å²) >= 11 is 0. The Morgan fingerprint density at radius 3 is 3.05 bits per heavy atom. The number of primary amides is 1. The van der Waals surface area contributed by atoms with Gasteiger partial charge in [-0.25, -0.2) is 9.97 Å². The molecule has 0 fully saturated rings. The summed E-state index contributed by atoms with van der Waals surface area (Å²) in [5.41, 5.74) is 5.60. The number of nitrogens with two attached hydrogens (primary N) is 1. The minimum Gasteiger partial charge on any atom is -0.381 e. The van der Waals surface area contributed by atoms with E-state index in [-0.39, 0.29) is 6.54 Å². The van der Waals surface area contributed by atoms with Crippen LogP contribution in [0.1, 0.15) is 6.92 Å². The van der Waals surface area contributed by atoms with Crippen LogP contribution in [0.5, 0.6) is 0 Å². The highest BCUT2D eigenvalue weighted by Gasteiger charge is 2.13. The Kier molecular flexibility index (Phi) is 3.81. The van der Waals surface area contributed by atoms with Crippen LogP contribution < -0.4 is 16.4 Å². The molecule has 1 amide bonds. The zero-order valence-electron chi connectivity index (χ0n) is 10.5. The molecule has 0 saturated carbocycles. The molecule has 0 spiro atoms. The molecule has 8 heteroatoms. The fourth-order valence-electron chi connectivity index (χ4n) is 1.61. The number of hydrogen-bond acceptors (Lipinski definition) is 6. The standard InChI is InChI=1S/C11H16N6O2/c1-2-13-8-6-17-4-3-14-11(17)10(16-8)15-5-7(18)9(12)19/h3-4,6-7,13,18H,2,5H2,1H3,(H2,12,19)(H,15,16). The van der Waals surface area contributed by atoms with Crippen molar-refractivity contribution < 1.29 is 9.90 Å². The number of carbonyl (C=O) groups excluding carboxylic acids is 1. The second kappa shape index (κ2) is 5.53. The molecule has 0 aliphatic heterocycles. The number of nitrogens with one attached hydrogen (secondary N) is 2. The predicted molar refractivity (Wildman–Crippen MR) is 70.8 cm³/mol. The number of nitrogens with zero attached hydrogens (tertiary/aromatic N) is 3. The van der Waals surface area contributed by atoms with E-state index in [1.807, 2.05) is 13.1 Å². The number of imidazole rings is 1. The molecule has 2 aromatic rings. The molecule has 0 saturated heterocycles. The van der Waals surface area contributed by atoms with E-state index in [4.69, 9.17) is 5.73 Å². The third-order valence-electron chi connectivity index (χ3n) is 2.52. The van der Waals surface area contributed by atoms with Crippen LogP contribution in [0.4, 0.5) is 11.6 Å². The molecule has 0 aliphatic rings. The molecule has 1 unspecified atom stereocenters. The Labute approximate surface area is 109 Å². The van der Waals surface area contributed by atoms with Gasteiger partial charge in [0.05, 0.1) is 12.7 Å². The summed E-state index contributed by atoms with van der Waals surface area (Å²) in [7, 11) is 0. The van der Waals surface area contributed by atoms with Crippen LogP contribution in [-0.4, -0.2) is 44.6 Å². The Bertz CT molecular complexity index is 582. The smallest absolute Gasteiger partial charge is 0.248 e. The van der Waals surface area contributed by atoms with E-state index in [0.717, 1.165) is 6.54 Å². The van der Waals surface area contributed by atoms with Gasteiger partial charge in [0, 0.05) is 18.9 Å². The number of amides is 1. The van der Waals surface area contributed by atoms with E-state index in [0.29, 0.717) is 17.3 Å². The van der Waals surface area contributed by atoms with Gasteiger partial charge in [-0.05, 0) is 6.92 Å². The highest BCUT2D eigenvalue weighted by atomic mass is 16.3. The van der Waals surface area contributed by atoms with E-state index in [9.17, 15) is 9.90 Å². The van der Waals surface area contributed by atoms with Gasteiger partial charge in [0.15, 0.2) is 11.5 Å². The lowest BCUT2D eigenvalue weighted by molar-refractivity contribution is -0.125. The highest BCUT2D eigenvalue weighted by Crippen LogP contribution is 2.16. The number of anilines is 2. The van der Waals surface area contributed by atoms with Crippen LogP contribution in [0.25, 0.3) is 5.65 Å². The summed E-state index contributed by atoms with van der Waals surface area (Å²) in [4.78, 5) is 19.3. The first-order chi connectivity index (χ1) is 9.11. The van der Waals surface area contributed by atoms with Crippen molar-refractivity contribution in [2.75, 3.05) is 23.7 Å². The Balaban J connectivity index is 2.24. The van der Waals surface area contributed by atoms with Crippen LogP contribution >= 0.6 is 0 Å². The second-order valence-corrected chi connectivity index (χ2v) is 3.96. The van der Waals surface area contributed by atoms with Crippen molar-refractivity contribution in [1.82, 2.24) is 14.4 Å². The van der Waals surface area contributed by atoms with E-state index in [1.165, 1.54) is 0 Å². The largest absolute Gasteiger partial charge is 0.381 e. The molecule has 102 valence electrons. The first kappa shape index (κ1) is 13.1. The molecule has 2 rings (SSSR count). The normalized spacial score (nSPS) is 12.3. The number of aliphatic hydroxyl groups is 1. The van der Waals surface area contributed by atoms with Gasteiger partial charge in [0.25, 0.3) is 0 Å². The molecule has 0 bridgehead atoms. The van der Waals surface area contributed by atoms with Crippen molar-refractivity contribution in [1.29, 1.82) is 0 Å². The maximum Gasteiger partial charge on any atom is 0.248 e. The van der Waals surface area contributed by atoms with Gasteiger partial charge >= 0.3 is 0 Å². The molecule has 19 heavy (non-hydrogen) atoms. The zero-order chi connectivity index (χ0) is 13.8. The highest BCUT2D eigenvalue weighted by molar-refractivity contribution is 5.79. The molecule has 0 aromatic carbocycles. The Morgan fingerprint density at radius 2 is 2.37 bits per heavy atom. The van der Waals surface area contributed by atoms with Crippen LogP contribution in [0.15, 0.2) is 18.6 Å². The lowest BCUT2D eigenvalue weighted by Crippen LogP contribution is -2.34. The summed E-state index contributed by atoms with van der Waals surface area (Å²) < 4.78 is 1.80. The first-order valence-corrected chi connectivity index (χ1v) is 5.90. The minimum atomic E-state index is -1.26. The first-order valence-electron chi connectivity index (χ1n) is 5.90. The number of aromatic nitrogens is 3. The fourth-order valence-corrected chi connectivity index (χ4v) is 1.61. The number of carbonyl (C=O) groups is 1. The fraction of sp³-hybridized carbons (Fsp3) is 0.364. The van der Waals surface area contributed by atoms with Crippen molar-refractivity contribution in [2.24, 2.45) is 5.73 Å². The molecule has 0 aliphatic carbocycles. The van der Waals surface area contributed by atoms with Gasteiger partial charge in [-0.3, -0.25) is 4.79 Å². The van der Waals surface area contributed by atoms with Gasteiger partial charge in [0.2, 0.25) is 5.91 Å². The maximum absolute atomic E-state index is 10.8. The van der Waals surface area contributed by atoms with Crippen molar-refractivity contribution in [3.8, 4) is 0 Å². The predicted octanol–water partition coefficient (Wildman–Crippen LogP) is -0.581. The number of fused-ring (bicyclic) bond motifs is 1. The van der Waals surface area contributed by atoms with Gasteiger partial charge in [-0.2, -0.15) is 0 Å². The summed E-state index contributed by atoms with van der Waals surface area (Å²) in [6.45, 7) is 2.68. The number of aliphatic hydroxyl groups excluding tert-OH is 1. The van der Waals surface area contributed by atoms with E-state index in [2.05, 4.69) is 20.6 Å². The molecule has 1 atom stereocenters. The molecular formula is C11H16N6O2. The topological polar surface area (TPSA) is 118 Å². The van der Waals surface area contributed by atoms with Crippen LogP contribution in [-0.2, 0) is 4.79 Å². The summed E-state index contributed by atoms with van der Waals surface area (Å²) in [6, 6.07) is 0. The summed E-state index contributed by atoms with van der Waals surface area (Å²) in [5.74, 6) is 0.363. The summed E-state index contributed by atoms with van der Waals surface area (Å²) in [5, 5.41) is 15.3. The van der Waals surface area contributed by atoms with E-state index < -0.39 is 12.0 Å². The molecule has 8 nitrogen and oxygen atoms in total. The average molecular weight is 264 g/mol. The molecule has 5 N–H and O–H groups in total. The molecule has 2 heterocycles. The van der Waals surface area contributed by atoms with Gasteiger partial charge in [-0.15, -0.1) is 0 Å². The Morgan fingerprint density at radius 1 is 1.58 bits per heavy atom. The van der Waals surface area contributed by atoms with Crippen molar-refractivity contribution in [3.05, 3.63) is 18.6 Å². The lowest BCUT2D eigenvalue weighted by Gasteiger charge is -2.11.